The minimum atomic E-state index is -0.254. The monoisotopic (exact) mass is 305 g/mol. The molecule has 1 aromatic carbocycles. The lowest BCUT2D eigenvalue weighted by molar-refractivity contribution is -0.123. The van der Waals surface area contributed by atoms with Gasteiger partial charge in [-0.3, -0.25) is 9.69 Å². The first-order valence-electron chi connectivity index (χ1n) is 8.09. The minimum absolute atomic E-state index is 0.0428. The number of piperidine rings is 1. The van der Waals surface area contributed by atoms with E-state index in [9.17, 15) is 9.18 Å². The second-order valence-corrected chi connectivity index (χ2v) is 6.54. The van der Waals surface area contributed by atoms with Crippen molar-refractivity contribution in [2.24, 2.45) is 11.8 Å². The molecule has 3 rings (SSSR count). The summed E-state index contributed by atoms with van der Waals surface area (Å²) in [4.78, 5) is 14.5. The van der Waals surface area contributed by atoms with Crippen LogP contribution in [0.3, 0.4) is 0 Å². The number of hydrogen-bond donors (Lipinski definition) is 2. The Hall–Kier alpha value is -1.46. The molecule has 2 heterocycles. The Bertz CT molecular complexity index is 519. The summed E-state index contributed by atoms with van der Waals surface area (Å²) in [5.74, 6) is 1.27. The summed E-state index contributed by atoms with van der Waals surface area (Å²) < 4.78 is 12.9. The standard InChI is InChI=1S/C17H24FN3O/c1-12(13-2-4-16(18)5-3-13)20-17(22)11-21-7-6-14-8-19-9-15(14)10-21/h2-5,12,14-15,19H,6-11H2,1H3,(H,20,22). The van der Waals surface area contributed by atoms with Crippen LogP contribution < -0.4 is 10.6 Å². The zero-order valence-electron chi connectivity index (χ0n) is 13.0. The van der Waals surface area contributed by atoms with Gasteiger partial charge in [-0.15, -0.1) is 0 Å². The minimum Gasteiger partial charge on any atom is -0.348 e. The van der Waals surface area contributed by atoms with Crippen molar-refractivity contribution in [2.45, 2.75) is 19.4 Å². The second kappa shape index (κ2) is 6.75. The van der Waals surface area contributed by atoms with Crippen molar-refractivity contribution in [2.75, 3.05) is 32.7 Å². The lowest BCUT2D eigenvalue weighted by atomic mass is 9.89. The maximum Gasteiger partial charge on any atom is 0.234 e. The summed E-state index contributed by atoms with van der Waals surface area (Å²) in [6, 6.07) is 6.19. The average molecular weight is 305 g/mol. The summed E-state index contributed by atoms with van der Waals surface area (Å²) in [6.45, 7) is 6.60. The molecule has 2 N–H and O–H groups in total. The number of amides is 1. The van der Waals surface area contributed by atoms with E-state index in [1.165, 1.54) is 18.6 Å². The molecule has 0 spiro atoms. The van der Waals surface area contributed by atoms with Crippen LogP contribution in [-0.4, -0.2) is 43.5 Å². The van der Waals surface area contributed by atoms with E-state index in [2.05, 4.69) is 15.5 Å². The van der Waals surface area contributed by atoms with Gasteiger partial charge in [0.2, 0.25) is 5.91 Å². The first-order valence-corrected chi connectivity index (χ1v) is 8.09. The van der Waals surface area contributed by atoms with Crippen LogP contribution in [0.15, 0.2) is 24.3 Å². The molecule has 2 aliphatic heterocycles. The predicted octanol–water partition coefficient (Wildman–Crippen LogP) is 1.54. The first kappa shape index (κ1) is 15.4. The van der Waals surface area contributed by atoms with E-state index in [0.29, 0.717) is 12.5 Å². The Kier molecular flexibility index (Phi) is 4.74. The van der Waals surface area contributed by atoms with Crippen LogP contribution in [0.1, 0.15) is 24.9 Å². The van der Waals surface area contributed by atoms with Crippen LogP contribution in [0.2, 0.25) is 0 Å². The van der Waals surface area contributed by atoms with Crippen molar-refractivity contribution in [1.29, 1.82) is 0 Å². The third kappa shape index (κ3) is 3.65. The number of rotatable bonds is 4. The molecule has 120 valence electrons. The molecular formula is C17H24FN3O. The third-order valence-corrected chi connectivity index (χ3v) is 4.90. The molecule has 4 nitrogen and oxygen atoms in total. The van der Waals surface area contributed by atoms with Gasteiger partial charge in [0, 0.05) is 6.54 Å². The third-order valence-electron chi connectivity index (χ3n) is 4.90. The quantitative estimate of drug-likeness (QED) is 0.887. The molecule has 0 aromatic heterocycles. The molecule has 3 atom stereocenters. The molecule has 2 saturated heterocycles. The van der Waals surface area contributed by atoms with E-state index in [-0.39, 0.29) is 17.8 Å². The molecule has 0 bridgehead atoms. The van der Waals surface area contributed by atoms with Gasteiger partial charge in [-0.25, -0.2) is 4.39 Å². The summed E-state index contributed by atoms with van der Waals surface area (Å²) in [6.07, 6.45) is 1.18. The molecule has 0 saturated carbocycles. The van der Waals surface area contributed by atoms with Gasteiger partial charge < -0.3 is 10.6 Å². The number of nitrogens with one attached hydrogen (secondary N) is 2. The predicted molar refractivity (Wildman–Crippen MR) is 83.9 cm³/mol. The van der Waals surface area contributed by atoms with Crippen molar-refractivity contribution in [3.05, 3.63) is 35.6 Å². The summed E-state index contributed by atoms with van der Waals surface area (Å²) in [7, 11) is 0. The van der Waals surface area contributed by atoms with Gasteiger partial charge in [0.15, 0.2) is 0 Å². The normalized spacial score (nSPS) is 26.5. The van der Waals surface area contributed by atoms with E-state index >= 15 is 0 Å². The fraction of sp³-hybridized carbons (Fsp3) is 0.588. The number of halogens is 1. The number of carbonyl (C=O) groups excluding carboxylic acids is 1. The van der Waals surface area contributed by atoms with Crippen LogP contribution in [0.4, 0.5) is 4.39 Å². The maximum absolute atomic E-state index is 12.9. The number of likely N-dealkylation sites (tertiary alicyclic amines) is 1. The lowest BCUT2D eigenvalue weighted by Gasteiger charge is -2.34. The maximum atomic E-state index is 12.9. The summed E-state index contributed by atoms with van der Waals surface area (Å²) in [5.41, 5.74) is 0.924. The highest BCUT2D eigenvalue weighted by Gasteiger charge is 2.33. The average Bonchev–Trinajstić information content (AvgIpc) is 2.95. The van der Waals surface area contributed by atoms with Crippen molar-refractivity contribution < 1.29 is 9.18 Å². The van der Waals surface area contributed by atoms with E-state index < -0.39 is 0 Å². The van der Waals surface area contributed by atoms with Gasteiger partial charge in [-0.1, -0.05) is 12.1 Å². The molecule has 3 unspecified atom stereocenters. The molecule has 22 heavy (non-hydrogen) atoms. The number of carbonyl (C=O) groups is 1. The smallest absolute Gasteiger partial charge is 0.234 e. The largest absolute Gasteiger partial charge is 0.348 e. The Balaban J connectivity index is 1.48. The zero-order chi connectivity index (χ0) is 15.5. The summed E-state index contributed by atoms with van der Waals surface area (Å²) >= 11 is 0. The number of nitrogens with zero attached hydrogens (tertiary/aromatic N) is 1. The van der Waals surface area contributed by atoms with Crippen LogP contribution in [0.25, 0.3) is 0 Å². The van der Waals surface area contributed by atoms with E-state index in [1.54, 1.807) is 12.1 Å². The van der Waals surface area contributed by atoms with Gasteiger partial charge in [0.05, 0.1) is 12.6 Å². The van der Waals surface area contributed by atoms with Crippen LogP contribution >= 0.6 is 0 Å². The Labute approximate surface area is 131 Å². The van der Waals surface area contributed by atoms with Crippen molar-refractivity contribution in [3.63, 3.8) is 0 Å². The molecule has 0 radical (unpaired) electrons. The van der Waals surface area contributed by atoms with Gasteiger partial charge >= 0.3 is 0 Å². The molecule has 1 amide bonds. The molecule has 2 aliphatic rings. The SMILES string of the molecule is CC(NC(=O)CN1CCC2CNCC2C1)c1ccc(F)cc1. The van der Waals surface area contributed by atoms with Crippen LogP contribution in [0, 0.1) is 17.7 Å². The topological polar surface area (TPSA) is 44.4 Å². The highest BCUT2D eigenvalue weighted by atomic mass is 19.1. The fourth-order valence-corrected chi connectivity index (χ4v) is 3.58. The van der Waals surface area contributed by atoms with E-state index in [4.69, 9.17) is 0 Å². The number of hydrogen-bond acceptors (Lipinski definition) is 3. The molecular weight excluding hydrogens is 281 g/mol. The molecule has 2 fully saturated rings. The highest BCUT2D eigenvalue weighted by molar-refractivity contribution is 5.78. The van der Waals surface area contributed by atoms with Gasteiger partial charge in [0.25, 0.3) is 0 Å². The number of fused-ring (bicyclic) bond motifs is 1. The van der Waals surface area contributed by atoms with Crippen LogP contribution in [0.5, 0.6) is 0 Å². The fourth-order valence-electron chi connectivity index (χ4n) is 3.58. The van der Waals surface area contributed by atoms with E-state index in [1.807, 2.05) is 6.92 Å². The van der Waals surface area contributed by atoms with Gasteiger partial charge in [-0.05, 0) is 62.5 Å². The van der Waals surface area contributed by atoms with Crippen molar-refractivity contribution in [3.8, 4) is 0 Å². The zero-order valence-corrected chi connectivity index (χ0v) is 13.0. The van der Waals surface area contributed by atoms with E-state index in [0.717, 1.165) is 37.7 Å². The Morgan fingerprint density at radius 1 is 1.36 bits per heavy atom. The van der Waals surface area contributed by atoms with Crippen molar-refractivity contribution >= 4 is 5.91 Å². The lowest BCUT2D eigenvalue weighted by Crippen LogP contribution is -2.45. The number of benzene rings is 1. The first-order chi connectivity index (χ1) is 10.6. The van der Waals surface area contributed by atoms with Crippen LogP contribution in [-0.2, 0) is 4.79 Å². The second-order valence-electron chi connectivity index (χ2n) is 6.54. The highest BCUT2D eigenvalue weighted by Crippen LogP contribution is 2.26. The molecule has 0 aliphatic carbocycles. The Morgan fingerprint density at radius 3 is 2.86 bits per heavy atom. The summed E-state index contributed by atoms with van der Waals surface area (Å²) in [5, 5.41) is 6.44. The van der Waals surface area contributed by atoms with Crippen molar-refractivity contribution in [1.82, 2.24) is 15.5 Å². The molecule has 1 aromatic rings. The Morgan fingerprint density at radius 2 is 2.09 bits per heavy atom. The van der Waals surface area contributed by atoms with Gasteiger partial charge in [-0.2, -0.15) is 0 Å². The molecule has 5 heteroatoms. The van der Waals surface area contributed by atoms with Gasteiger partial charge in [0.1, 0.15) is 5.82 Å².